The molecule has 0 aromatic carbocycles. The first-order valence-corrected chi connectivity index (χ1v) is 6.87. The average molecular weight is 288 g/mol. The molecule has 1 atom stereocenters. The van der Waals surface area contributed by atoms with Gasteiger partial charge in [-0.1, -0.05) is 6.92 Å². The highest BCUT2D eigenvalue weighted by Gasteiger charge is 2.19. The van der Waals surface area contributed by atoms with Gasteiger partial charge in [-0.25, -0.2) is 4.68 Å². The lowest BCUT2D eigenvalue weighted by Crippen LogP contribution is -2.37. The smallest absolute Gasteiger partial charge is 0.291 e. The summed E-state index contributed by atoms with van der Waals surface area (Å²) in [5.74, 6) is -0.217. The third kappa shape index (κ3) is 2.10. The van der Waals surface area contributed by atoms with Gasteiger partial charge in [0.1, 0.15) is 17.9 Å². The van der Waals surface area contributed by atoms with Crippen LogP contribution in [0.2, 0.25) is 0 Å². The maximum Gasteiger partial charge on any atom is 0.291 e. The normalized spacial score (nSPS) is 12.9. The third-order valence-corrected chi connectivity index (χ3v) is 3.47. The Bertz CT molecular complexity index is 858. The lowest BCUT2D eigenvalue weighted by atomic mass is 10.3. The summed E-state index contributed by atoms with van der Waals surface area (Å²) in [4.78, 5) is 24.5. The molecule has 3 aromatic heterocycles. The molecule has 3 rings (SSSR count). The molecular weight excluding hydrogens is 272 g/mol. The Kier molecular flexibility index (Phi) is 3.25. The molecule has 1 N–H and O–H groups in total. The molecule has 1 unspecified atom stereocenters. The minimum Gasteiger partial charge on any atom is -0.463 e. The molecule has 0 saturated heterocycles. The van der Waals surface area contributed by atoms with Crippen molar-refractivity contribution in [1.82, 2.24) is 19.5 Å². The van der Waals surface area contributed by atoms with Gasteiger partial charge in [-0.3, -0.25) is 14.0 Å². The van der Waals surface area contributed by atoms with Crippen LogP contribution in [0.4, 0.5) is 0 Å². The highest BCUT2D eigenvalue weighted by molar-refractivity contribution is 5.82. The van der Waals surface area contributed by atoms with Crippen LogP contribution in [0.25, 0.3) is 16.6 Å². The largest absolute Gasteiger partial charge is 0.463 e. The Morgan fingerprint density at radius 3 is 3.05 bits per heavy atom. The van der Waals surface area contributed by atoms with E-state index >= 15 is 0 Å². The quantitative estimate of drug-likeness (QED) is 0.785. The number of aromatic nitrogens is 3. The zero-order chi connectivity index (χ0) is 15.0. The SMILES string of the molecule is CCCNC(=O)C(C)n1ncn2c(cc3occc32)c1=O. The number of fused-ring (bicyclic) bond motifs is 3. The number of hydrogen-bond donors (Lipinski definition) is 1. The van der Waals surface area contributed by atoms with E-state index in [2.05, 4.69) is 10.4 Å². The molecule has 0 bridgehead atoms. The highest BCUT2D eigenvalue weighted by atomic mass is 16.3. The van der Waals surface area contributed by atoms with Crippen LogP contribution in [0.1, 0.15) is 26.3 Å². The second kappa shape index (κ2) is 5.08. The van der Waals surface area contributed by atoms with E-state index in [4.69, 9.17) is 4.42 Å². The number of nitrogens with one attached hydrogen (secondary N) is 1. The fraction of sp³-hybridized carbons (Fsp3) is 0.357. The van der Waals surface area contributed by atoms with Crippen LogP contribution in [0.15, 0.2) is 33.9 Å². The van der Waals surface area contributed by atoms with Gasteiger partial charge >= 0.3 is 0 Å². The molecule has 110 valence electrons. The van der Waals surface area contributed by atoms with E-state index in [0.29, 0.717) is 17.6 Å². The van der Waals surface area contributed by atoms with Crippen LogP contribution in [-0.4, -0.2) is 26.6 Å². The fourth-order valence-electron chi connectivity index (χ4n) is 2.29. The number of furan rings is 1. The Labute approximate surface area is 120 Å². The first-order valence-electron chi connectivity index (χ1n) is 6.87. The van der Waals surface area contributed by atoms with Gasteiger partial charge in [0.05, 0.1) is 11.8 Å². The molecule has 0 aliphatic heterocycles. The summed E-state index contributed by atoms with van der Waals surface area (Å²) >= 11 is 0. The fourth-order valence-corrected chi connectivity index (χ4v) is 2.29. The van der Waals surface area contributed by atoms with E-state index in [1.165, 1.54) is 11.0 Å². The van der Waals surface area contributed by atoms with E-state index in [9.17, 15) is 9.59 Å². The first kappa shape index (κ1) is 13.4. The number of nitrogens with zero attached hydrogens (tertiary/aromatic N) is 3. The number of carbonyl (C=O) groups is 1. The van der Waals surface area contributed by atoms with Gasteiger partial charge < -0.3 is 9.73 Å². The van der Waals surface area contributed by atoms with Crippen molar-refractivity contribution in [2.24, 2.45) is 0 Å². The van der Waals surface area contributed by atoms with E-state index in [0.717, 1.165) is 11.9 Å². The third-order valence-electron chi connectivity index (χ3n) is 3.47. The van der Waals surface area contributed by atoms with E-state index in [1.807, 2.05) is 6.92 Å². The number of rotatable bonds is 4. The summed E-state index contributed by atoms with van der Waals surface area (Å²) in [6.45, 7) is 4.21. The average Bonchev–Trinajstić information content (AvgIpc) is 3.06. The second-order valence-electron chi connectivity index (χ2n) is 4.92. The van der Waals surface area contributed by atoms with Crippen molar-refractivity contribution < 1.29 is 9.21 Å². The van der Waals surface area contributed by atoms with Crippen molar-refractivity contribution in [1.29, 1.82) is 0 Å². The molecule has 0 radical (unpaired) electrons. The van der Waals surface area contributed by atoms with E-state index in [1.54, 1.807) is 29.7 Å². The molecule has 7 heteroatoms. The molecular formula is C14H16N4O3. The van der Waals surface area contributed by atoms with Crippen LogP contribution in [-0.2, 0) is 4.79 Å². The number of hydrogen-bond acceptors (Lipinski definition) is 4. The maximum atomic E-state index is 12.5. The van der Waals surface area contributed by atoms with Crippen LogP contribution in [0, 0.1) is 0 Å². The van der Waals surface area contributed by atoms with Crippen molar-refractivity contribution in [2.75, 3.05) is 6.54 Å². The molecule has 7 nitrogen and oxygen atoms in total. The zero-order valence-electron chi connectivity index (χ0n) is 11.9. The minimum atomic E-state index is -0.657. The predicted octanol–water partition coefficient (Wildman–Crippen LogP) is 1.33. The summed E-state index contributed by atoms with van der Waals surface area (Å²) in [6.07, 6.45) is 3.93. The lowest BCUT2D eigenvalue weighted by molar-refractivity contribution is -0.124. The molecule has 1 amide bonds. The Hall–Kier alpha value is -2.57. The number of carbonyl (C=O) groups excluding carboxylic acids is 1. The maximum absolute atomic E-state index is 12.5. The van der Waals surface area contributed by atoms with Gasteiger partial charge in [0, 0.05) is 18.7 Å². The van der Waals surface area contributed by atoms with E-state index in [-0.39, 0.29) is 11.5 Å². The summed E-state index contributed by atoms with van der Waals surface area (Å²) in [5.41, 5.74) is 1.53. The van der Waals surface area contributed by atoms with Gasteiger partial charge in [-0.2, -0.15) is 5.10 Å². The predicted molar refractivity (Wildman–Crippen MR) is 77.2 cm³/mol. The van der Waals surface area contributed by atoms with E-state index < -0.39 is 6.04 Å². The van der Waals surface area contributed by atoms with Gasteiger partial charge in [0.15, 0.2) is 5.58 Å². The zero-order valence-corrected chi connectivity index (χ0v) is 11.9. The van der Waals surface area contributed by atoms with Gasteiger partial charge in [-0.05, 0) is 13.3 Å². The molecule has 0 saturated carbocycles. The Morgan fingerprint density at radius 2 is 2.29 bits per heavy atom. The standard InChI is InChI=1S/C14H16N4O3/c1-3-5-15-13(19)9(2)18-14(20)11-7-12-10(4-6-21-12)17(11)8-16-18/h4,6-9H,3,5H2,1-2H3,(H,15,19). The highest BCUT2D eigenvalue weighted by Crippen LogP contribution is 2.18. The van der Waals surface area contributed by atoms with Crippen LogP contribution in [0.5, 0.6) is 0 Å². The topological polar surface area (TPSA) is 81.5 Å². The molecule has 0 aliphatic carbocycles. The van der Waals surface area contributed by atoms with Crippen molar-refractivity contribution in [3.05, 3.63) is 35.1 Å². The van der Waals surface area contributed by atoms with Gasteiger partial charge in [-0.15, -0.1) is 0 Å². The van der Waals surface area contributed by atoms with Crippen molar-refractivity contribution in [3.63, 3.8) is 0 Å². The van der Waals surface area contributed by atoms with Crippen LogP contribution in [0.3, 0.4) is 0 Å². The summed E-state index contributed by atoms with van der Waals surface area (Å²) < 4.78 is 8.14. The first-order chi connectivity index (χ1) is 10.1. The van der Waals surface area contributed by atoms with Crippen LogP contribution < -0.4 is 10.9 Å². The van der Waals surface area contributed by atoms with Gasteiger partial charge in [0.2, 0.25) is 5.91 Å². The monoisotopic (exact) mass is 288 g/mol. The Balaban J connectivity index is 2.05. The molecule has 0 spiro atoms. The molecule has 21 heavy (non-hydrogen) atoms. The lowest BCUT2D eigenvalue weighted by Gasteiger charge is -2.13. The Morgan fingerprint density at radius 1 is 1.48 bits per heavy atom. The van der Waals surface area contributed by atoms with Crippen LogP contribution >= 0.6 is 0 Å². The summed E-state index contributed by atoms with van der Waals surface area (Å²) in [5, 5.41) is 6.87. The number of amides is 1. The molecule has 3 heterocycles. The van der Waals surface area contributed by atoms with Crippen molar-refractivity contribution >= 4 is 22.5 Å². The minimum absolute atomic E-state index is 0.217. The molecule has 3 aromatic rings. The molecule has 0 aliphatic rings. The van der Waals surface area contributed by atoms with Gasteiger partial charge in [0.25, 0.3) is 5.56 Å². The van der Waals surface area contributed by atoms with Crippen molar-refractivity contribution in [2.45, 2.75) is 26.3 Å². The molecule has 0 fully saturated rings. The van der Waals surface area contributed by atoms with Crippen molar-refractivity contribution in [3.8, 4) is 0 Å². The summed E-state index contributed by atoms with van der Waals surface area (Å²) in [6, 6.07) is 2.77. The summed E-state index contributed by atoms with van der Waals surface area (Å²) in [7, 11) is 0. The second-order valence-corrected chi connectivity index (χ2v) is 4.92.